The van der Waals surface area contributed by atoms with Gasteiger partial charge in [-0.2, -0.15) is 0 Å². The van der Waals surface area contributed by atoms with Crippen molar-refractivity contribution in [1.29, 1.82) is 0 Å². The molecule has 1 amide bonds. The molecule has 0 fully saturated rings. The summed E-state index contributed by atoms with van der Waals surface area (Å²) in [6, 6.07) is 16.2. The zero-order chi connectivity index (χ0) is 17.2. The minimum atomic E-state index is -0.387. The summed E-state index contributed by atoms with van der Waals surface area (Å²) in [4.78, 5) is 23.0. The van der Waals surface area contributed by atoms with Crippen LogP contribution in [0.1, 0.15) is 15.9 Å². The van der Waals surface area contributed by atoms with Gasteiger partial charge in [0.2, 0.25) is 5.91 Å². The first-order valence-corrected chi connectivity index (χ1v) is 7.51. The highest BCUT2D eigenvalue weighted by Gasteiger charge is 2.03. The molecule has 0 saturated heterocycles. The Hall–Kier alpha value is -3.08. The van der Waals surface area contributed by atoms with E-state index in [9.17, 15) is 9.59 Å². The Morgan fingerprint density at radius 1 is 1.04 bits per heavy atom. The second kappa shape index (κ2) is 9.15. The molecule has 0 aliphatic rings. The zero-order valence-electron chi connectivity index (χ0n) is 13.4. The van der Waals surface area contributed by atoms with E-state index in [0.717, 1.165) is 11.3 Å². The molecular formula is C19H19NO4. The van der Waals surface area contributed by atoms with Crippen LogP contribution in [-0.4, -0.2) is 32.1 Å². The first kappa shape index (κ1) is 17.3. The summed E-state index contributed by atoms with van der Waals surface area (Å²) in [7, 11) is 1.34. The molecule has 5 nitrogen and oxygen atoms in total. The van der Waals surface area contributed by atoms with E-state index in [1.807, 2.05) is 30.3 Å². The first-order valence-electron chi connectivity index (χ1n) is 7.51. The van der Waals surface area contributed by atoms with Crippen LogP contribution in [0.4, 0.5) is 0 Å². The standard InChI is InChI=1S/C19H19NO4/c1-23-19(22)16-10-7-15(8-11-16)9-12-18(21)20-13-14-24-17-5-3-2-4-6-17/h2-12H,13-14H2,1H3,(H,20,21). The number of carbonyl (C=O) groups excluding carboxylic acids is 2. The highest BCUT2D eigenvalue weighted by atomic mass is 16.5. The van der Waals surface area contributed by atoms with Crippen molar-refractivity contribution in [3.63, 3.8) is 0 Å². The zero-order valence-corrected chi connectivity index (χ0v) is 13.4. The number of para-hydroxylation sites is 1. The van der Waals surface area contributed by atoms with Crippen molar-refractivity contribution in [2.45, 2.75) is 0 Å². The van der Waals surface area contributed by atoms with Crippen molar-refractivity contribution in [2.75, 3.05) is 20.3 Å². The predicted octanol–water partition coefficient (Wildman–Crippen LogP) is 2.68. The minimum absolute atomic E-state index is 0.205. The molecule has 0 radical (unpaired) electrons. The third kappa shape index (κ3) is 5.61. The van der Waals surface area contributed by atoms with Crippen molar-refractivity contribution in [3.05, 3.63) is 71.8 Å². The molecule has 0 spiro atoms. The maximum Gasteiger partial charge on any atom is 0.337 e. The topological polar surface area (TPSA) is 64.6 Å². The average molecular weight is 325 g/mol. The van der Waals surface area contributed by atoms with E-state index in [1.165, 1.54) is 13.2 Å². The van der Waals surface area contributed by atoms with Crippen molar-refractivity contribution < 1.29 is 19.1 Å². The lowest BCUT2D eigenvalue weighted by atomic mass is 10.1. The van der Waals surface area contributed by atoms with Gasteiger partial charge >= 0.3 is 5.97 Å². The molecule has 0 unspecified atom stereocenters. The van der Waals surface area contributed by atoms with Gasteiger partial charge in [0, 0.05) is 6.08 Å². The summed E-state index contributed by atoms with van der Waals surface area (Å²) in [5, 5.41) is 2.74. The highest BCUT2D eigenvalue weighted by Crippen LogP contribution is 2.08. The van der Waals surface area contributed by atoms with Gasteiger partial charge in [-0.1, -0.05) is 30.3 Å². The molecule has 124 valence electrons. The van der Waals surface area contributed by atoms with Crippen LogP contribution in [0.2, 0.25) is 0 Å². The summed E-state index contributed by atoms with van der Waals surface area (Å²) < 4.78 is 10.1. The number of nitrogens with one attached hydrogen (secondary N) is 1. The van der Waals surface area contributed by atoms with E-state index in [0.29, 0.717) is 18.7 Å². The van der Waals surface area contributed by atoms with Crippen molar-refractivity contribution in [3.8, 4) is 5.75 Å². The molecule has 0 heterocycles. The molecule has 24 heavy (non-hydrogen) atoms. The molecule has 1 N–H and O–H groups in total. The number of esters is 1. The molecule has 0 aromatic heterocycles. The number of rotatable bonds is 7. The van der Waals surface area contributed by atoms with E-state index in [4.69, 9.17) is 4.74 Å². The monoisotopic (exact) mass is 325 g/mol. The Labute approximate surface area is 140 Å². The Morgan fingerprint density at radius 3 is 2.42 bits per heavy atom. The van der Waals surface area contributed by atoms with Crippen LogP contribution in [-0.2, 0) is 9.53 Å². The lowest BCUT2D eigenvalue weighted by Gasteiger charge is -2.06. The van der Waals surface area contributed by atoms with Crippen molar-refractivity contribution in [1.82, 2.24) is 5.32 Å². The number of amides is 1. The third-order valence-corrected chi connectivity index (χ3v) is 3.17. The smallest absolute Gasteiger partial charge is 0.337 e. The lowest BCUT2D eigenvalue weighted by Crippen LogP contribution is -2.26. The fourth-order valence-corrected chi connectivity index (χ4v) is 1.94. The van der Waals surface area contributed by atoms with E-state index in [-0.39, 0.29) is 11.9 Å². The molecule has 2 aromatic carbocycles. The van der Waals surface area contributed by atoms with Crippen LogP contribution >= 0.6 is 0 Å². The van der Waals surface area contributed by atoms with Gasteiger partial charge < -0.3 is 14.8 Å². The molecule has 0 saturated carbocycles. The van der Waals surface area contributed by atoms with Gasteiger partial charge in [0.1, 0.15) is 12.4 Å². The summed E-state index contributed by atoms with van der Waals surface area (Å²) in [5.41, 5.74) is 1.29. The molecule has 0 atom stereocenters. The normalized spacial score (nSPS) is 10.4. The summed E-state index contributed by atoms with van der Waals surface area (Å²) in [6.45, 7) is 0.816. The SMILES string of the molecule is COC(=O)c1ccc(C=CC(=O)NCCOc2ccccc2)cc1. The quantitative estimate of drug-likeness (QED) is 0.483. The second-order valence-corrected chi connectivity index (χ2v) is 4.90. The van der Waals surface area contributed by atoms with Crippen LogP contribution in [0.3, 0.4) is 0 Å². The van der Waals surface area contributed by atoms with E-state index in [2.05, 4.69) is 10.1 Å². The van der Waals surface area contributed by atoms with Crippen LogP contribution in [0.5, 0.6) is 5.75 Å². The molecule has 0 bridgehead atoms. The summed E-state index contributed by atoms with van der Waals surface area (Å²) in [5.74, 6) is 0.179. The second-order valence-electron chi connectivity index (χ2n) is 4.90. The van der Waals surface area contributed by atoms with E-state index < -0.39 is 0 Å². The van der Waals surface area contributed by atoms with Crippen LogP contribution in [0.15, 0.2) is 60.7 Å². The van der Waals surface area contributed by atoms with Crippen molar-refractivity contribution >= 4 is 18.0 Å². The number of benzene rings is 2. The molecule has 2 rings (SSSR count). The number of carbonyl (C=O) groups is 2. The number of ether oxygens (including phenoxy) is 2. The van der Waals surface area contributed by atoms with Gasteiger partial charge in [0.05, 0.1) is 19.2 Å². The Kier molecular flexibility index (Phi) is 6.58. The third-order valence-electron chi connectivity index (χ3n) is 3.17. The van der Waals surface area contributed by atoms with E-state index in [1.54, 1.807) is 30.3 Å². The number of hydrogen-bond donors (Lipinski definition) is 1. The maximum absolute atomic E-state index is 11.7. The Morgan fingerprint density at radius 2 is 1.75 bits per heavy atom. The van der Waals surface area contributed by atoms with Gasteiger partial charge in [0.15, 0.2) is 0 Å². The minimum Gasteiger partial charge on any atom is -0.492 e. The fourth-order valence-electron chi connectivity index (χ4n) is 1.94. The lowest BCUT2D eigenvalue weighted by molar-refractivity contribution is -0.116. The van der Waals surface area contributed by atoms with Gasteiger partial charge in [-0.3, -0.25) is 4.79 Å². The van der Waals surface area contributed by atoms with Gasteiger partial charge in [-0.05, 0) is 35.9 Å². The van der Waals surface area contributed by atoms with E-state index >= 15 is 0 Å². The molecule has 2 aromatic rings. The predicted molar refractivity (Wildman–Crippen MR) is 91.8 cm³/mol. The summed E-state index contributed by atoms with van der Waals surface area (Å²) >= 11 is 0. The molecule has 0 aliphatic carbocycles. The van der Waals surface area contributed by atoms with Gasteiger partial charge in [-0.25, -0.2) is 4.79 Å². The van der Waals surface area contributed by atoms with Crippen LogP contribution < -0.4 is 10.1 Å². The maximum atomic E-state index is 11.7. The summed E-state index contributed by atoms with van der Waals surface area (Å²) in [6.07, 6.45) is 3.12. The van der Waals surface area contributed by atoms with Crippen LogP contribution in [0, 0.1) is 0 Å². The first-order chi connectivity index (χ1) is 11.7. The van der Waals surface area contributed by atoms with Crippen LogP contribution in [0.25, 0.3) is 6.08 Å². The van der Waals surface area contributed by atoms with Gasteiger partial charge in [-0.15, -0.1) is 0 Å². The van der Waals surface area contributed by atoms with Gasteiger partial charge in [0.25, 0.3) is 0 Å². The Balaban J connectivity index is 1.73. The largest absolute Gasteiger partial charge is 0.492 e. The molecular weight excluding hydrogens is 306 g/mol. The molecule has 5 heteroatoms. The average Bonchev–Trinajstić information content (AvgIpc) is 2.64. The number of hydrogen-bond acceptors (Lipinski definition) is 4. The number of methoxy groups -OCH3 is 1. The fraction of sp³-hybridized carbons (Fsp3) is 0.158. The Bertz CT molecular complexity index is 693. The van der Waals surface area contributed by atoms with Crippen molar-refractivity contribution in [2.24, 2.45) is 0 Å². The highest BCUT2D eigenvalue weighted by molar-refractivity contribution is 5.92. The molecule has 0 aliphatic heterocycles.